The number of carbonyl (C=O) groups is 2. The van der Waals surface area contributed by atoms with Crippen molar-refractivity contribution in [3.05, 3.63) is 21.2 Å². The van der Waals surface area contributed by atoms with Crippen LogP contribution in [-0.2, 0) is 109 Å². The third-order valence-electron chi connectivity index (χ3n) is 19.5. The van der Waals surface area contributed by atoms with Gasteiger partial charge in [-0.1, -0.05) is 37.0 Å². The molecule has 10 aliphatic rings. The molecule has 0 bridgehead atoms. The SMILES string of the molecule is COC[C@H]1O[C@@H](O[C@@H]2OC[C@@H]3O[C@]4(O[C@H]3[C@H]2OC(=O)C(C)C)O[C@H](C)[C@@](O)([C@H](C)O)C2OCO[C@H]24)[C@@H](OC)[C@@H](O)[C@@H]1O[C@@H]1O[C@H](C)[C@H](OC)[C@H](O[C@H]2C[C@@]3(C)OC4(C[C@@H](O)[C@H](O[C@H]5C[C@@H](O)[C@H](OC(=O)c6c(C)c(Cl)c(O)c(Cl)c6OC)[C@@H](C)O5)[C@@H](C)O4)O[C@@H]3[C@@H](C)O2)[C@H]1O. The fourth-order valence-electron chi connectivity index (χ4n) is 14.7. The van der Waals surface area contributed by atoms with Gasteiger partial charge in [-0.05, 0) is 61.0 Å². The second-order valence-electron chi connectivity index (χ2n) is 26.4. The summed E-state index contributed by atoms with van der Waals surface area (Å²) in [6, 6.07) is 0. The molecule has 0 radical (unpaired) electrons. The molecule has 0 saturated carbocycles. The number of benzene rings is 1. The highest BCUT2D eigenvalue weighted by Crippen LogP contribution is 2.53. The first kappa shape index (κ1) is 73.5. The van der Waals surface area contributed by atoms with E-state index in [2.05, 4.69) is 0 Å². The summed E-state index contributed by atoms with van der Waals surface area (Å²) < 4.78 is 142. The molecule has 10 aliphatic heterocycles. The number of halogens is 2. The predicted octanol–water partition coefficient (Wildman–Crippen LogP) is 0.844. The number of ether oxygens (including phenoxy) is 23. The summed E-state index contributed by atoms with van der Waals surface area (Å²) in [7, 11) is 5.37. The van der Waals surface area contributed by atoms with Gasteiger partial charge < -0.3 is 145 Å². The van der Waals surface area contributed by atoms with Crippen LogP contribution in [0.15, 0.2) is 0 Å². The first-order valence-corrected chi connectivity index (χ1v) is 32.6. The van der Waals surface area contributed by atoms with Crippen molar-refractivity contribution in [3.8, 4) is 11.5 Å². The quantitative estimate of drug-likeness (QED) is 0.100. The van der Waals surface area contributed by atoms with Crippen molar-refractivity contribution in [3.63, 3.8) is 0 Å². The summed E-state index contributed by atoms with van der Waals surface area (Å²) in [5, 5.41) is 79.9. The number of carbonyl (C=O) groups excluding carboxylic acids is 2. The maximum Gasteiger partial charge on any atom is 0.342 e. The van der Waals surface area contributed by atoms with Crippen molar-refractivity contribution >= 4 is 35.1 Å². The van der Waals surface area contributed by atoms with Gasteiger partial charge in [-0.3, -0.25) is 4.79 Å². The summed E-state index contributed by atoms with van der Waals surface area (Å²) in [6.07, 6.45) is -33.7. The van der Waals surface area contributed by atoms with Crippen molar-refractivity contribution in [1.29, 1.82) is 0 Å². The summed E-state index contributed by atoms with van der Waals surface area (Å²) in [5.74, 6) is -6.71. The van der Waals surface area contributed by atoms with E-state index < -0.39 is 219 Å². The van der Waals surface area contributed by atoms with E-state index in [1.807, 2.05) is 0 Å². The molecule has 0 aliphatic carbocycles. The van der Waals surface area contributed by atoms with Crippen LogP contribution in [0.5, 0.6) is 11.5 Å². The molecular formula is C61H90Cl2O32. The van der Waals surface area contributed by atoms with Crippen LogP contribution in [0, 0.1) is 12.8 Å². The van der Waals surface area contributed by atoms with Crippen LogP contribution in [0.2, 0.25) is 10.0 Å². The van der Waals surface area contributed by atoms with E-state index in [0.29, 0.717) is 0 Å². The van der Waals surface area contributed by atoms with Gasteiger partial charge in [-0.15, -0.1) is 0 Å². The highest BCUT2D eigenvalue weighted by atomic mass is 35.5. The minimum atomic E-state index is -2.03. The first-order chi connectivity index (χ1) is 44.9. The zero-order chi connectivity index (χ0) is 68.9. The van der Waals surface area contributed by atoms with E-state index in [4.69, 9.17) is 132 Å². The Bertz CT molecular complexity index is 2840. The fraction of sp³-hybridized carbons (Fsp3) is 0.869. The molecule has 2 spiro atoms. The molecule has 10 saturated heterocycles. The van der Waals surface area contributed by atoms with Crippen molar-refractivity contribution < 1.29 is 154 Å². The van der Waals surface area contributed by atoms with Crippen LogP contribution in [0.25, 0.3) is 0 Å². The Hall–Kier alpha value is -2.70. The van der Waals surface area contributed by atoms with Gasteiger partial charge in [0.1, 0.15) is 102 Å². The predicted molar refractivity (Wildman–Crippen MR) is 314 cm³/mol. The Kier molecular flexibility index (Phi) is 22.1. The normalized spacial score (nSPS) is 47.7. The first-order valence-electron chi connectivity index (χ1n) is 31.9. The lowest BCUT2D eigenvalue weighted by atomic mass is 9.80. The van der Waals surface area contributed by atoms with E-state index in [0.717, 1.165) is 0 Å². The van der Waals surface area contributed by atoms with Gasteiger partial charge in [0.25, 0.3) is 5.97 Å². The summed E-state index contributed by atoms with van der Waals surface area (Å²) in [4.78, 5) is 27.0. The van der Waals surface area contributed by atoms with Gasteiger partial charge in [0, 0.05) is 34.2 Å². The minimum absolute atomic E-state index is 0.00581. The Morgan fingerprint density at radius 1 is 0.653 bits per heavy atom. The molecule has 95 heavy (non-hydrogen) atoms. The van der Waals surface area contributed by atoms with Gasteiger partial charge in [-0.25, -0.2) is 4.79 Å². The molecule has 32 nitrogen and oxygen atoms in total. The minimum Gasteiger partial charge on any atom is -0.505 e. The molecule has 2 unspecified atom stereocenters. The zero-order valence-corrected chi connectivity index (χ0v) is 56.6. The van der Waals surface area contributed by atoms with Crippen LogP contribution in [0.3, 0.4) is 0 Å². The zero-order valence-electron chi connectivity index (χ0n) is 55.1. The molecule has 0 amide bonds. The number of fused-ring (bicyclic) bond motifs is 4. The molecule has 10 heterocycles. The molecule has 0 aromatic heterocycles. The van der Waals surface area contributed by atoms with Crippen LogP contribution in [0.4, 0.5) is 0 Å². The molecule has 32 atom stereocenters. The van der Waals surface area contributed by atoms with Crippen molar-refractivity contribution in [2.45, 2.75) is 283 Å². The number of hydrogen-bond donors (Lipinski definition) is 7. The molecule has 11 rings (SSSR count). The average molecular weight is 1410 g/mol. The number of aliphatic hydroxyl groups is 6. The number of hydrogen-bond acceptors (Lipinski definition) is 32. The Morgan fingerprint density at radius 3 is 1.99 bits per heavy atom. The van der Waals surface area contributed by atoms with E-state index in [-0.39, 0.29) is 66.2 Å². The molecule has 1 aromatic carbocycles. The van der Waals surface area contributed by atoms with E-state index >= 15 is 0 Å². The molecule has 34 heteroatoms. The monoisotopic (exact) mass is 1400 g/mol. The van der Waals surface area contributed by atoms with E-state index in [9.17, 15) is 45.3 Å². The van der Waals surface area contributed by atoms with Crippen LogP contribution in [0.1, 0.15) is 97.5 Å². The summed E-state index contributed by atoms with van der Waals surface area (Å²) >= 11 is 12.5. The van der Waals surface area contributed by atoms with Gasteiger partial charge in [-0.2, -0.15) is 0 Å². The van der Waals surface area contributed by atoms with Crippen molar-refractivity contribution in [1.82, 2.24) is 0 Å². The second kappa shape index (κ2) is 28.6. The van der Waals surface area contributed by atoms with Gasteiger partial charge >= 0.3 is 17.9 Å². The average Bonchev–Trinajstić information content (AvgIpc) is 1.59. The smallest absolute Gasteiger partial charge is 0.342 e. The fourth-order valence-corrected chi connectivity index (χ4v) is 15.2. The maximum atomic E-state index is 13.6. The summed E-state index contributed by atoms with van der Waals surface area (Å²) in [5.41, 5.74) is -3.14. The number of phenols is 1. The third kappa shape index (κ3) is 13.5. The molecular weight excluding hydrogens is 1320 g/mol. The number of esters is 2. The summed E-state index contributed by atoms with van der Waals surface area (Å²) in [6.45, 7) is 15.4. The largest absolute Gasteiger partial charge is 0.505 e. The Labute approximate surface area is 558 Å². The highest BCUT2D eigenvalue weighted by molar-refractivity contribution is 6.39. The van der Waals surface area contributed by atoms with Crippen LogP contribution in [-0.4, -0.2) is 291 Å². The number of rotatable bonds is 18. The molecule has 10 fully saturated rings. The third-order valence-corrected chi connectivity index (χ3v) is 20.4. The van der Waals surface area contributed by atoms with Crippen molar-refractivity contribution in [2.75, 3.05) is 48.4 Å². The Morgan fingerprint density at radius 2 is 1.34 bits per heavy atom. The standard InChI is InChI=1S/C61H90Cl2O32/c1-21(2)53(70)87-49-45-32(92-61(93-45)52-51(78-20-79-52)60(72,27(8)64)28(9)91-61)19-77-56(49)89-57-48(76-14)39(68)44(31(83-57)18-73-11)88-55-40(69)47(43(74-12)24(5)82-55)85-34-17-58(10)50(26(7)81-34)94-59(95-58)16-30(66)42(25(6)90-59)84-33-15-29(65)41(23(4)80-33)86-54(71)35-22(3)36(62)38(67)37(63)46(35)75-13/h21,23-34,39-45,47-52,55-57,64-69,72H,15-20H2,1-14H3/t23-,24-,25-,26-,27+,28-,29-,30-,31-,32+,33+,34+,39+,40-,41-,42-,43+,44-,45-,47-,48+,49-,50-,51?,52-,55+,56+,57+,58-,59?,60+,61-/m1/s1. The van der Waals surface area contributed by atoms with Gasteiger partial charge in [0.2, 0.25) is 6.29 Å². The number of aromatic hydroxyl groups is 1. The lowest BCUT2D eigenvalue weighted by Crippen LogP contribution is -2.72. The van der Waals surface area contributed by atoms with Crippen LogP contribution < -0.4 is 4.74 Å². The molecule has 7 N–H and O–H groups in total. The highest BCUT2D eigenvalue weighted by Gasteiger charge is 2.73. The van der Waals surface area contributed by atoms with Gasteiger partial charge in [0.05, 0.1) is 86.5 Å². The lowest BCUT2D eigenvalue weighted by Gasteiger charge is -2.51. The molecule has 540 valence electrons. The number of aliphatic hydroxyl groups excluding tert-OH is 5. The Balaban J connectivity index is 0.722. The maximum absolute atomic E-state index is 13.6. The lowest BCUT2D eigenvalue weighted by molar-refractivity contribution is -0.439. The van der Waals surface area contributed by atoms with Crippen molar-refractivity contribution in [2.24, 2.45) is 5.92 Å². The van der Waals surface area contributed by atoms with E-state index in [1.54, 1.807) is 48.5 Å². The second-order valence-corrected chi connectivity index (χ2v) is 27.2. The number of phenolic OH excluding ortho intramolecular Hbond substituents is 1. The van der Waals surface area contributed by atoms with E-state index in [1.165, 1.54) is 49.2 Å². The van der Waals surface area contributed by atoms with Gasteiger partial charge in [0.15, 0.2) is 55.0 Å². The topological polar surface area (TPSA) is 388 Å². The van der Waals surface area contributed by atoms with Crippen LogP contribution >= 0.6 is 23.2 Å². The number of methoxy groups -OCH3 is 4. The molecule has 1 aromatic rings.